The maximum atomic E-state index is 15.2. The van der Waals surface area contributed by atoms with Gasteiger partial charge in [0.05, 0.1) is 19.5 Å². The third kappa shape index (κ3) is 20.4. The summed E-state index contributed by atoms with van der Waals surface area (Å²) >= 11 is 0. The first-order valence-corrected chi connectivity index (χ1v) is 36.9. The third-order valence-corrected chi connectivity index (χ3v) is 21.6. The highest BCUT2D eigenvalue weighted by Gasteiger charge is 2.43. The van der Waals surface area contributed by atoms with E-state index in [1.165, 1.54) is 22.3 Å². The Morgan fingerprint density at radius 2 is 1.11 bits per heavy atom. The Kier molecular flexibility index (Phi) is 27.8. The van der Waals surface area contributed by atoms with Crippen LogP contribution >= 0.6 is 43.2 Å². The van der Waals surface area contributed by atoms with Gasteiger partial charge in [-0.2, -0.15) is 0 Å². The van der Waals surface area contributed by atoms with E-state index in [9.17, 15) is 58.2 Å². The zero-order valence-electron chi connectivity index (χ0n) is 53.3. The molecule has 6 heterocycles. The van der Waals surface area contributed by atoms with Crippen LogP contribution in [-0.2, 0) is 81.6 Å². The van der Waals surface area contributed by atoms with Crippen LogP contribution in [0.3, 0.4) is 0 Å². The second kappa shape index (κ2) is 36.3. The summed E-state index contributed by atoms with van der Waals surface area (Å²) in [5.41, 5.74) is 7.94. The summed E-state index contributed by atoms with van der Waals surface area (Å²) < 4.78 is 0. The number of nitrogens with two attached hydrogens (primary N) is 1. The lowest BCUT2D eigenvalue weighted by Crippen LogP contribution is -2.61. The fourth-order valence-electron chi connectivity index (χ4n) is 11.6. The molecule has 2 aromatic heterocycles. The number of benzene rings is 2. The number of amides is 12. The molecule has 12 atom stereocenters. The van der Waals surface area contributed by atoms with Crippen molar-refractivity contribution in [2.75, 3.05) is 49.3 Å². The van der Waals surface area contributed by atoms with Crippen LogP contribution in [0.15, 0.2) is 73.3 Å². The van der Waals surface area contributed by atoms with Crippen LogP contribution in [0.5, 0.6) is 0 Å². The Labute approximate surface area is 574 Å². The van der Waals surface area contributed by atoms with Gasteiger partial charge in [-0.25, -0.2) is 9.78 Å². The number of aromatic amines is 2. The molecule has 35 heteroatoms. The van der Waals surface area contributed by atoms with Gasteiger partial charge in [-0.15, -0.1) is 0 Å². The molecular weight excluding hydrogens is 1340 g/mol. The largest absolute Gasteiger partial charge is 0.480 e. The first-order valence-electron chi connectivity index (χ1n) is 31.9. The molecule has 524 valence electrons. The first-order chi connectivity index (χ1) is 46.7. The molecule has 97 heavy (non-hydrogen) atoms. The Bertz CT molecular complexity index is 3480. The van der Waals surface area contributed by atoms with E-state index in [-0.39, 0.29) is 75.3 Å². The lowest BCUT2D eigenvalue weighted by Gasteiger charge is -2.31. The smallest absolute Gasteiger partial charge is 0.327 e. The normalized spacial score (nSPS) is 27.2. The fourth-order valence-corrected chi connectivity index (χ4v) is 16.2. The molecule has 8 rings (SSSR count). The van der Waals surface area contributed by atoms with Crippen LogP contribution in [0.2, 0.25) is 0 Å². The number of aromatic nitrogens is 3. The van der Waals surface area contributed by atoms with Gasteiger partial charge in [-0.1, -0.05) is 112 Å². The quantitative estimate of drug-likeness (QED) is 0.0631. The van der Waals surface area contributed by atoms with E-state index in [0.717, 1.165) is 54.1 Å². The van der Waals surface area contributed by atoms with Gasteiger partial charge in [0.15, 0.2) is 0 Å². The number of nitrogens with zero attached hydrogens (tertiary/aromatic N) is 3. The molecule has 31 nitrogen and oxygen atoms in total. The maximum Gasteiger partial charge on any atom is 0.327 e. The molecule has 4 aliphatic rings. The van der Waals surface area contributed by atoms with E-state index in [1.54, 1.807) is 56.4 Å². The Hall–Kier alpha value is -8.38. The molecule has 0 radical (unpaired) electrons. The molecule has 0 aliphatic carbocycles. The number of aliphatic carboxylic acids is 1. The van der Waals surface area contributed by atoms with Gasteiger partial charge in [0.25, 0.3) is 0 Å². The Morgan fingerprint density at radius 1 is 0.577 bits per heavy atom. The number of hydrogen-bond acceptors (Lipinski definition) is 20. The summed E-state index contributed by atoms with van der Waals surface area (Å²) in [6.45, 7) is 1.83. The SMILES string of the molecule is CCC[C@@H]1NC(=O)[C@H](Cc2c[nH]c3ccccc23)NC(=O)[C@H](Cc2ccccc2)NC(=O)[C@@H]2CSSC[C@H](NC(=O)CN)C(=O)N[C@@H](CSSC[C@@H](C(=O)O)NC(=O)[C@@H]3CCCN3C1=O)C(=O)N[C@@H](CO)C(=O)N[C@@H](Cc1cnc[nH]1)C(=O)N1CCC[C@H]1C(=O)N[C@@H](CC)C(=O)N2. The minimum Gasteiger partial charge on any atom is -0.480 e. The number of carboxylic acid groups (broad SMARTS) is 1. The number of hydrogen-bond donors (Lipinski definition) is 15. The third-order valence-electron chi connectivity index (χ3n) is 16.8. The lowest BCUT2D eigenvalue weighted by molar-refractivity contribution is -0.144. The van der Waals surface area contributed by atoms with Crippen molar-refractivity contribution >= 4 is 131 Å². The van der Waals surface area contributed by atoms with Crippen LogP contribution in [0.1, 0.15) is 75.6 Å². The number of aliphatic hydroxyl groups is 1. The van der Waals surface area contributed by atoms with Gasteiger partial charge in [0.1, 0.15) is 72.5 Å². The van der Waals surface area contributed by atoms with Gasteiger partial charge >= 0.3 is 5.97 Å². The summed E-state index contributed by atoms with van der Waals surface area (Å²) in [5.74, 6) is -13.2. The summed E-state index contributed by atoms with van der Waals surface area (Å²) in [7, 11) is 3.60. The fraction of sp³-hybridized carbons (Fsp3) is 0.516. The molecule has 2 bridgehead atoms. The average Bonchev–Trinajstić information content (AvgIpc) is 1.78. The van der Waals surface area contributed by atoms with Gasteiger partial charge in [0.2, 0.25) is 70.9 Å². The molecule has 0 saturated carbocycles. The van der Waals surface area contributed by atoms with Crippen LogP contribution < -0.4 is 58.9 Å². The molecule has 4 saturated heterocycles. The van der Waals surface area contributed by atoms with Gasteiger partial charge in [-0.05, 0) is 55.7 Å². The summed E-state index contributed by atoms with van der Waals surface area (Å²) in [6.07, 6.45) is 5.17. The van der Waals surface area contributed by atoms with Gasteiger partial charge < -0.3 is 88.9 Å². The molecule has 4 fully saturated rings. The monoisotopic (exact) mass is 1420 g/mol. The molecule has 12 amide bonds. The van der Waals surface area contributed by atoms with E-state index < -0.39 is 168 Å². The van der Waals surface area contributed by atoms with Crippen LogP contribution in [0.25, 0.3) is 10.9 Å². The number of carbonyl (C=O) groups is 13. The number of fused-ring (bicyclic) bond motifs is 11. The van der Waals surface area contributed by atoms with Crippen molar-refractivity contribution in [1.82, 2.24) is 77.9 Å². The highest BCUT2D eigenvalue weighted by molar-refractivity contribution is 8.77. The van der Waals surface area contributed by atoms with Crippen molar-refractivity contribution in [2.45, 2.75) is 151 Å². The summed E-state index contributed by atoms with van der Waals surface area (Å²) in [6, 6.07) is -1.62. The minimum atomic E-state index is -1.80. The predicted octanol–water partition coefficient (Wildman–Crippen LogP) is -2.22. The van der Waals surface area contributed by atoms with Gasteiger partial charge in [0, 0.05) is 84.4 Å². The average molecular weight is 1420 g/mol. The topological polar surface area (TPSA) is 460 Å². The molecular formula is C62H82N16O15S4. The summed E-state index contributed by atoms with van der Waals surface area (Å²) in [4.78, 5) is 200. The number of carbonyl (C=O) groups excluding carboxylic acids is 12. The van der Waals surface area contributed by atoms with Gasteiger partial charge in [-0.3, -0.25) is 57.5 Å². The standard InChI is InChI=1S/C62H82N16O15S4/c1-3-12-39-60(90)77-19-10-18-49(77)59(89)76-47(62(92)93)31-97-96-30-46-57(87)73-43(27-79)54(84)72-42(23-35-26-64-32-66-35)61(91)78-20-11-17-48(78)58(88)68-37(4-2)51(81)74-45(29-95-94-28-44(55(85)75-46)67-50(80)24-63)56(86)70-40(21-33-13-6-5-7-14-33)52(82)71-41(53(83)69-39)22-34-25-65-38-16-9-8-15-36(34)38/h5-9,13-16,25-26,32,37,39-49,65,79H,3-4,10-12,17-24,27-31,63H2,1-2H3,(H,64,66)(H,67,80)(H,68,88)(H,69,83)(H,70,86)(H,71,82)(H,72,84)(H,73,87)(H,74,81)(H,75,85)(H,76,89)(H,92,93)/t37-,39-,40-,41-,42-,43-,44-,45-,46-,47-,48-,49-/m0/s1. The number of carboxylic acids is 1. The molecule has 0 unspecified atom stereocenters. The number of imidazole rings is 1. The second-order valence-corrected chi connectivity index (χ2v) is 28.7. The van der Waals surface area contributed by atoms with E-state index in [0.29, 0.717) is 36.1 Å². The highest BCUT2D eigenvalue weighted by Crippen LogP contribution is 2.28. The summed E-state index contributed by atoms with van der Waals surface area (Å²) in [5, 5.41) is 48.5. The lowest BCUT2D eigenvalue weighted by atomic mass is 10.0. The van der Waals surface area contributed by atoms with Crippen molar-refractivity contribution in [2.24, 2.45) is 5.73 Å². The number of para-hydroxylation sites is 1. The van der Waals surface area contributed by atoms with E-state index in [1.807, 2.05) is 18.2 Å². The van der Waals surface area contributed by atoms with Crippen molar-refractivity contribution < 1.29 is 72.5 Å². The number of nitrogens with one attached hydrogen (secondary N) is 12. The molecule has 4 aliphatic heterocycles. The predicted molar refractivity (Wildman–Crippen MR) is 362 cm³/mol. The van der Waals surface area contributed by atoms with Crippen LogP contribution in [0, 0.1) is 0 Å². The van der Waals surface area contributed by atoms with Crippen LogP contribution in [-0.4, -0.2) is 234 Å². The molecule has 2 aromatic carbocycles. The molecule has 4 aromatic rings. The van der Waals surface area contributed by atoms with E-state index in [4.69, 9.17) is 5.73 Å². The van der Waals surface area contributed by atoms with Crippen LogP contribution in [0.4, 0.5) is 0 Å². The van der Waals surface area contributed by atoms with Crippen molar-refractivity contribution in [3.05, 3.63) is 90.1 Å². The number of aliphatic hydroxyl groups excluding tert-OH is 1. The highest BCUT2D eigenvalue weighted by atomic mass is 33.1. The maximum absolute atomic E-state index is 15.2. The zero-order chi connectivity index (χ0) is 69.7. The first kappa shape index (κ1) is 74.4. The molecule has 16 N–H and O–H groups in total. The van der Waals surface area contributed by atoms with Crippen molar-refractivity contribution in [1.29, 1.82) is 0 Å². The second-order valence-electron chi connectivity index (χ2n) is 23.6. The van der Waals surface area contributed by atoms with Crippen molar-refractivity contribution in [3.63, 3.8) is 0 Å². The molecule has 0 spiro atoms. The minimum absolute atomic E-state index is 0.0280. The number of H-pyrrole nitrogens is 2. The van der Waals surface area contributed by atoms with E-state index in [2.05, 4.69) is 68.1 Å². The number of rotatable bonds is 13. The van der Waals surface area contributed by atoms with E-state index >= 15 is 14.4 Å². The zero-order valence-corrected chi connectivity index (χ0v) is 56.6. The Morgan fingerprint density at radius 3 is 1.73 bits per heavy atom. The Balaban J connectivity index is 1.21. The van der Waals surface area contributed by atoms with Crippen molar-refractivity contribution in [3.8, 4) is 0 Å².